The molecule has 1 amide bonds. The topological polar surface area (TPSA) is 105 Å². The summed E-state index contributed by atoms with van der Waals surface area (Å²) in [5.41, 5.74) is 0. The molecule has 0 fully saturated rings. The Bertz CT molecular complexity index is 493. The predicted octanol–water partition coefficient (Wildman–Crippen LogP) is 2.22. The van der Waals surface area contributed by atoms with Gasteiger partial charge in [-0.25, -0.2) is 4.57 Å². The Labute approximate surface area is 163 Å². The second-order valence-corrected chi connectivity index (χ2v) is 9.01. The molecule has 3 atom stereocenters. The van der Waals surface area contributed by atoms with Crippen LogP contribution in [-0.2, 0) is 18.4 Å². The van der Waals surface area contributed by atoms with E-state index in [0.29, 0.717) is 11.0 Å². The standard InChI is InChI=1S/C18H37N2O6P/c1-6-8-9-10-11-12-17(21)16(19-18(22)7-2)15-26-27(23,24)25-14-13-20(3,4)5/h11-12,16-17,21H,6-10,13-15H2,1-5H3,(H-,19,22,23,24)/p+1/b12-11+. The maximum atomic E-state index is 12.0. The lowest BCUT2D eigenvalue weighted by Crippen LogP contribution is -2.45. The second kappa shape index (κ2) is 13.4. The minimum atomic E-state index is -4.26. The average molecular weight is 409 g/mol. The first-order chi connectivity index (χ1) is 12.5. The second-order valence-electron chi connectivity index (χ2n) is 7.55. The Morgan fingerprint density at radius 2 is 1.89 bits per heavy atom. The highest BCUT2D eigenvalue weighted by Gasteiger charge is 2.27. The van der Waals surface area contributed by atoms with Gasteiger partial charge in [-0.15, -0.1) is 0 Å². The Balaban J connectivity index is 4.66. The number of unbranched alkanes of at least 4 members (excludes halogenated alkanes) is 3. The van der Waals surface area contributed by atoms with Crippen LogP contribution in [0.1, 0.15) is 46.0 Å². The molecule has 0 rings (SSSR count). The summed E-state index contributed by atoms with van der Waals surface area (Å²) >= 11 is 0. The van der Waals surface area contributed by atoms with Gasteiger partial charge in [0.2, 0.25) is 5.91 Å². The molecule has 27 heavy (non-hydrogen) atoms. The first-order valence-corrected chi connectivity index (χ1v) is 11.1. The number of carbonyl (C=O) groups excluding carboxylic acids is 1. The number of hydrogen-bond acceptors (Lipinski definition) is 5. The van der Waals surface area contributed by atoms with Gasteiger partial charge < -0.3 is 19.8 Å². The molecule has 3 N–H and O–H groups in total. The Hall–Kier alpha value is -0.760. The smallest absolute Gasteiger partial charge is 0.387 e. The van der Waals surface area contributed by atoms with Crippen LogP contribution in [0.3, 0.4) is 0 Å². The zero-order valence-corrected chi connectivity index (χ0v) is 18.3. The van der Waals surface area contributed by atoms with E-state index in [4.69, 9.17) is 9.05 Å². The zero-order valence-electron chi connectivity index (χ0n) is 17.4. The molecule has 0 saturated carbocycles. The van der Waals surface area contributed by atoms with Gasteiger partial charge in [0.1, 0.15) is 13.2 Å². The number of quaternary nitrogens is 1. The SMILES string of the molecule is CCCCC/C=C/C(O)C(COP(=O)(O)OCC[N+](C)(C)C)NC(=O)CC. The maximum absolute atomic E-state index is 12.0. The van der Waals surface area contributed by atoms with Crippen LogP contribution >= 0.6 is 7.82 Å². The van der Waals surface area contributed by atoms with E-state index in [2.05, 4.69) is 12.2 Å². The first kappa shape index (κ1) is 26.2. The van der Waals surface area contributed by atoms with Crippen LogP contribution in [0.2, 0.25) is 0 Å². The fourth-order valence-electron chi connectivity index (χ4n) is 2.06. The third kappa shape index (κ3) is 14.9. The molecular weight excluding hydrogens is 371 g/mol. The van der Waals surface area contributed by atoms with Crippen molar-refractivity contribution < 1.29 is 32.9 Å². The largest absolute Gasteiger partial charge is 0.472 e. The highest BCUT2D eigenvalue weighted by atomic mass is 31.2. The van der Waals surface area contributed by atoms with Crippen LogP contribution in [0.15, 0.2) is 12.2 Å². The van der Waals surface area contributed by atoms with E-state index in [-0.39, 0.29) is 25.5 Å². The van der Waals surface area contributed by atoms with E-state index < -0.39 is 20.0 Å². The number of nitrogens with one attached hydrogen (secondary N) is 1. The van der Waals surface area contributed by atoms with Crippen molar-refractivity contribution in [3.63, 3.8) is 0 Å². The summed E-state index contributed by atoms with van der Waals surface area (Å²) in [5.74, 6) is -0.277. The molecule has 160 valence electrons. The molecule has 0 aliphatic carbocycles. The van der Waals surface area contributed by atoms with Crippen LogP contribution < -0.4 is 5.32 Å². The lowest BCUT2D eigenvalue weighted by atomic mass is 10.1. The summed E-state index contributed by atoms with van der Waals surface area (Å²) in [7, 11) is 1.55. The number of likely N-dealkylation sites (N-methyl/N-ethyl adjacent to an activating group) is 1. The number of aliphatic hydroxyl groups is 1. The number of amides is 1. The zero-order chi connectivity index (χ0) is 20.9. The molecule has 0 aromatic carbocycles. The van der Waals surface area contributed by atoms with Crippen molar-refractivity contribution in [3.05, 3.63) is 12.2 Å². The van der Waals surface area contributed by atoms with Crippen LogP contribution in [0.4, 0.5) is 0 Å². The molecule has 0 heterocycles. The molecule has 3 unspecified atom stereocenters. The van der Waals surface area contributed by atoms with Crippen molar-refractivity contribution in [3.8, 4) is 0 Å². The Morgan fingerprint density at radius 3 is 2.44 bits per heavy atom. The third-order valence-corrected chi connectivity index (χ3v) is 4.81. The molecule has 9 heteroatoms. The molecule has 0 aliphatic heterocycles. The molecule has 0 radical (unpaired) electrons. The monoisotopic (exact) mass is 409 g/mol. The molecule has 0 aliphatic rings. The highest BCUT2D eigenvalue weighted by Crippen LogP contribution is 2.43. The predicted molar refractivity (Wildman–Crippen MR) is 106 cm³/mol. The van der Waals surface area contributed by atoms with Gasteiger partial charge in [0, 0.05) is 6.42 Å². The number of nitrogens with zero attached hydrogens (tertiary/aromatic N) is 1. The first-order valence-electron chi connectivity index (χ1n) is 9.57. The van der Waals surface area contributed by atoms with Gasteiger partial charge >= 0.3 is 7.82 Å². The fourth-order valence-corrected chi connectivity index (χ4v) is 2.79. The number of carbonyl (C=O) groups is 1. The molecule has 0 bridgehead atoms. The van der Waals surface area contributed by atoms with Crippen LogP contribution in [0.5, 0.6) is 0 Å². The van der Waals surface area contributed by atoms with Gasteiger partial charge in [-0.05, 0) is 12.8 Å². The maximum Gasteiger partial charge on any atom is 0.472 e. The lowest BCUT2D eigenvalue weighted by Gasteiger charge is -2.25. The third-order valence-electron chi connectivity index (χ3n) is 3.82. The summed E-state index contributed by atoms with van der Waals surface area (Å²) in [5, 5.41) is 12.9. The highest BCUT2D eigenvalue weighted by molar-refractivity contribution is 7.47. The van der Waals surface area contributed by atoms with E-state index in [9.17, 15) is 19.4 Å². The summed E-state index contributed by atoms with van der Waals surface area (Å²) < 4.78 is 22.5. The van der Waals surface area contributed by atoms with E-state index in [0.717, 1.165) is 25.7 Å². The van der Waals surface area contributed by atoms with Gasteiger partial charge in [0.15, 0.2) is 0 Å². The molecule has 0 saturated heterocycles. The van der Waals surface area contributed by atoms with Crippen molar-refractivity contribution in [2.24, 2.45) is 0 Å². The van der Waals surface area contributed by atoms with Crippen LogP contribution in [-0.4, -0.2) is 73.4 Å². The minimum Gasteiger partial charge on any atom is -0.387 e. The van der Waals surface area contributed by atoms with E-state index >= 15 is 0 Å². The number of hydrogen-bond donors (Lipinski definition) is 3. The summed E-state index contributed by atoms with van der Waals surface area (Å²) in [4.78, 5) is 21.5. The number of phosphoric acid groups is 1. The number of aliphatic hydroxyl groups excluding tert-OH is 1. The van der Waals surface area contributed by atoms with E-state index in [1.807, 2.05) is 27.2 Å². The lowest BCUT2D eigenvalue weighted by molar-refractivity contribution is -0.870. The quantitative estimate of drug-likeness (QED) is 0.166. The molecule has 0 aromatic heterocycles. The summed E-state index contributed by atoms with van der Waals surface area (Å²) in [6.07, 6.45) is 6.72. The van der Waals surface area contributed by atoms with Crippen molar-refractivity contribution in [1.82, 2.24) is 5.32 Å². The molecule has 0 spiro atoms. The van der Waals surface area contributed by atoms with Crippen LogP contribution in [0, 0.1) is 0 Å². The Morgan fingerprint density at radius 1 is 1.22 bits per heavy atom. The fraction of sp³-hybridized carbons (Fsp3) is 0.833. The van der Waals surface area contributed by atoms with Gasteiger partial charge in [-0.2, -0.15) is 0 Å². The molecule has 0 aromatic rings. The van der Waals surface area contributed by atoms with Crippen molar-refractivity contribution in [2.75, 3.05) is 40.9 Å². The van der Waals surface area contributed by atoms with E-state index in [1.165, 1.54) is 0 Å². The Kier molecular flexibility index (Phi) is 13.0. The average Bonchev–Trinajstić information content (AvgIpc) is 2.56. The minimum absolute atomic E-state index is 0.0587. The van der Waals surface area contributed by atoms with Crippen molar-refractivity contribution in [2.45, 2.75) is 58.1 Å². The van der Waals surface area contributed by atoms with E-state index in [1.54, 1.807) is 13.0 Å². The number of allylic oxidation sites excluding steroid dienone is 1. The van der Waals surface area contributed by atoms with Gasteiger partial charge in [0.25, 0.3) is 0 Å². The van der Waals surface area contributed by atoms with Crippen molar-refractivity contribution >= 4 is 13.7 Å². The molecular formula is C18H38N2O6P+. The molecule has 8 nitrogen and oxygen atoms in total. The number of phosphoric ester groups is 1. The normalized spacial score (nSPS) is 16.9. The summed E-state index contributed by atoms with van der Waals surface area (Å²) in [6.45, 7) is 4.06. The number of rotatable bonds is 15. The van der Waals surface area contributed by atoms with Gasteiger partial charge in [-0.1, -0.05) is 38.8 Å². The van der Waals surface area contributed by atoms with Gasteiger partial charge in [-0.3, -0.25) is 13.8 Å². The van der Waals surface area contributed by atoms with Crippen molar-refractivity contribution in [1.29, 1.82) is 0 Å². The van der Waals surface area contributed by atoms with Crippen LogP contribution in [0.25, 0.3) is 0 Å². The summed E-state index contributed by atoms with van der Waals surface area (Å²) in [6, 6.07) is -0.831. The van der Waals surface area contributed by atoms with Gasteiger partial charge in [0.05, 0.1) is 39.9 Å².